The lowest BCUT2D eigenvalue weighted by molar-refractivity contribution is -0.385. The van der Waals surface area contributed by atoms with Crippen LogP contribution in [0.3, 0.4) is 0 Å². The molecule has 1 atom stereocenters. The quantitative estimate of drug-likeness (QED) is 0.669. The molecule has 1 aromatic heterocycles. The van der Waals surface area contributed by atoms with Gasteiger partial charge in [0.2, 0.25) is 0 Å². The number of hydrogen-bond donors (Lipinski definition) is 1. The molecule has 0 unspecified atom stereocenters. The van der Waals surface area contributed by atoms with E-state index in [1.807, 2.05) is 31.2 Å². The molecule has 104 valence electrons. The number of pyridine rings is 1. The first-order chi connectivity index (χ1) is 9.58. The summed E-state index contributed by atoms with van der Waals surface area (Å²) in [7, 11) is 0. The van der Waals surface area contributed by atoms with E-state index >= 15 is 0 Å². The monoisotopic (exact) mass is 335 g/mol. The summed E-state index contributed by atoms with van der Waals surface area (Å²) in [5, 5.41) is 14.2. The van der Waals surface area contributed by atoms with Crippen LogP contribution in [0.2, 0.25) is 0 Å². The van der Waals surface area contributed by atoms with Gasteiger partial charge in [-0.1, -0.05) is 12.1 Å². The zero-order chi connectivity index (χ0) is 14.5. The van der Waals surface area contributed by atoms with Gasteiger partial charge >= 0.3 is 0 Å². The Bertz CT molecular complexity index is 605. The second kappa shape index (κ2) is 6.58. The summed E-state index contributed by atoms with van der Waals surface area (Å²) in [6.45, 7) is 2.56. The molecule has 1 aromatic carbocycles. The Morgan fingerprint density at radius 2 is 2.20 bits per heavy atom. The molecule has 0 saturated heterocycles. The minimum absolute atomic E-state index is 0.0785. The van der Waals surface area contributed by atoms with Gasteiger partial charge in [-0.15, -0.1) is 0 Å². The molecule has 0 aliphatic rings. The van der Waals surface area contributed by atoms with Gasteiger partial charge in [0, 0.05) is 24.8 Å². The maximum atomic E-state index is 10.9. The van der Waals surface area contributed by atoms with Crippen molar-refractivity contribution >= 4 is 21.6 Å². The van der Waals surface area contributed by atoms with E-state index in [0.717, 1.165) is 11.3 Å². The summed E-state index contributed by atoms with van der Waals surface area (Å²) in [5.74, 6) is 0. The van der Waals surface area contributed by atoms with E-state index in [0.29, 0.717) is 11.0 Å². The highest BCUT2D eigenvalue weighted by molar-refractivity contribution is 9.10. The topological polar surface area (TPSA) is 68.1 Å². The Labute approximate surface area is 125 Å². The third-order valence-corrected chi connectivity index (χ3v) is 3.62. The van der Waals surface area contributed by atoms with E-state index in [4.69, 9.17) is 0 Å². The Kier molecular flexibility index (Phi) is 4.81. The maximum absolute atomic E-state index is 10.9. The normalized spacial score (nSPS) is 12.1. The molecule has 1 N–H and O–H groups in total. The zero-order valence-corrected chi connectivity index (χ0v) is 12.5. The Morgan fingerprint density at radius 3 is 2.85 bits per heavy atom. The van der Waals surface area contributed by atoms with E-state index in [2.05, 4.69) is 26.2 Å². The number of nitrogens with one attached hydrogen (secondary N) is 1. The van der Waals surface area contributed by atoms with E-state index in [-0.39, 0.29) is 11.7 Å². The lowest BCUT2D eigenvalue weighted by Gasteiger charge is -2.13. The third-order valence-electron chi connectivity index (χ3n) is 2.95. The lowest BCUT2D eigenvalue weighted by atomic mass is 10.1. The van der Waals surface area contributed by atoms with Crippen molar-refractivity contribution in [1.29, 1.82) is 0 Å². The number of aromatic nitrogens is 1. The van der Waals surface area contributed by atoms with Crippen molar-refractivity contribution in [3.05, 3.63) is 68.4 Å². The van der Waals surface area contributed by atoms with Crippen molar-refractivity contribution in [2.45, 2.75) is 19.5 Å². The number of nitrogens with zero attached hydrogens (tertiary/aromatic N) is 2. The third kappa shape index (κ3) is 3.61. The van der Waals surface area contributed by atoms with Crippen LogP contribution in [0, 0.1) is 10.1 Å². The van der Waals surface area contributed by atoms with Crippen LogP contribution in [0.25, 0.3) is 0 Å². The Morgan fingerprint density at radius 1 is 1.40 bits per heavy atom. The molecule has 0 spiro atoms. The largest absolute Gasteiger partial charge is 0.305 e. The summed E-state index contributed by atoms with van der Waals surface area (Å²) in [5.41, 5.74) is 1.89. The van der Waals surface area contributed by atoms with E-state index < -0.39 is 4.92 Å². The van der Waals surface area contributed by atoms with Crippen LogP contribution in [0.5, 0.6) is 0 Å². The number of nitro groups is 1. The second-order valence-corrected chi connectivity index (χ2v) is 5.25. The molecule has 0 bridgehead atoms. The standard InChI is InChI=1S/C14H14BrN3O2/c1-10(13-4-2-3-7-16-13)17-9-11-5-6-12(15)14(8-11)18(19)20/h2-8,10,17H,9H2,1H3/t10-/m1/s1. The minimum Gasteiger partial charge on any atom is -0.305 e. The predicted octanol–water partition coefficient (Wildman–Crippen LogP) is 3.60. The van der Waals surface area contributed by atoms with Crippen LogP contribution in [-0.4, -0.2) is 9.91 Å². The van der Waals surface area contributed by atoms with Crippen molar-refractivity contribution in [2.24, 2.45) is 0 Å². The summed E-state index contributed by atoms with van der Waals surface area (Å²) in [6, 6.07) is 11.0. The molecule has 2 rings (SSSR count). The number of halogens is 1. The summed E-state index contributed by atoms with van der Waals surface area (Å²) in [4.78, 5) is 14.8. The van der Waals surface area contributed by atoms with Crippen molar-refractivity contribution in [3.8, 4) is 0 Å². The molecule has 0 radical (unpaired) electrons. The molecule has 5 nitrogen and oxygen atoms in total. The zero-order valence-electron chi connectivity index (χ0n) is 10.9. The fraction of sp³-hybridized carbons (Fsp3) is 0.214. The molecule has 0 saturated carbocycles. The summed E-state index contributed by atoms with van der Waals surface area (Å²) < 4.78 is 0.490. The van der Waals surface area contributed by atoms with Crippen LogP contribution in [-0.2, 0) is 6.54 Å². The molecule has 20 heavy (non-hydrogen) atoms. The van der Waals surface area contributed by atoms with Crippen LogP contribution in [0.4, 0.5) is 5.69 Å². The van der Waals surface area contributed by atoms with Crippen LogP contribution < -0.4 is 5.32 Å². The maximum Gasteiger partial charge on any atom is 0.283 e. The van der Waals surface area contributed by atoms with Crippen molar-refractivity contribution in [3.63, 3.8) is 0 Å². The van der Waals surface area contributed by atoms with Gasteiger partial charge < -0.3 is 5.32 Å². The van der Waals surface area contributed by atoms with E-state index in [1.165, 1.54) is 0 Å². The fourth-order valence-electron chi connectivity index (χ4n) is 1.82. The van der Waals surface area contributed by atoms with Gasteiger partial charge in [-0.2, -0.15) is 0 Å². The van der Waals surface area contributed by atoms with Crippen LogP contribution in [0.1, 0.15) is 24.2 Å². The van der Waals surface area contributed by atoms with Gasteiger partial charge in [-0.3, -0.25) is 15.1 Å². The van der Waals surface area contributed by atoms with Gasteiger partial charge in [0.1, 0.15) is 0 Å². The first kappa shape index (κ1) is 14.6. The van der Waals surface area contributed by atoms with E-state index in [9.17, 15) is 10.1 Å². The van der Waals surface area contributed by atoms with Crippen molar-refractivity contribution < 1.29 is 4.92 Å². The van der Waals surface area contributed by atoms with Crippen molar-refractivity contribution in [2.75, 3.05) is 0 Å². The molecule has 2 aromatic rings. The smallest absolute Gasteiger partial charge is 0.283 e. The average molecular weight is 336 g/mol. The molecule has 0 aliphatic heterocycles. The van der Waals surface area contributed by atoms with Gasteiger partial charge in [-0.05, 0) is 46.6 Å². The SMILES string of the molecule is C[C@@H](NCc1ccc(Br)c([N+](=O)[O-])c1)c1ccccn1. The van der Waals surface area contributed by atoms with Gasteiger partial charge in [0.15, 0.2) is 0 Å². The van der Waals surface area contributed by atoms with E-state index in [1.54, 1.807) is 18.3 Å². The van der Waals surface area contributed by atoms with Crippen molar-refractivity contribution in [1.82, 2.24) is 10.3 Å². The highest BCUT2D eigenvalue weighted by atomic mass is 79.9. The Hall–Kier alpha value is -1.79. The molecular weight excluding hydrogens is 322 g/mol. The van der Waals surface area contributed by atoms with Gasteiger partial charge in [0.05, 0.1) is 15.1 Å². The number of benzene rings is 1. The molecule has 0 aliphatic carbocycles. The molecule has 1 heterocycles. The Balaban J connectivity index is 2.04. The fourth-order valence-corrected chi connectivity index (χ4v) is 2.21. The van der Waals surface area contributed by atoms with Crippen LogP contribution >= 0.6 is 15.9 Å². The lowest BCUT2D eigenvalue weighted by Crippen LogP contribution is -2.19. The molecule has 6 heteroatoms. The highest BCUT2D eigenvalue weighted by Crippen LogP contribution is 2.25. The highest BCUT2D eigenvalue weighted by Gasteiger charge is 2.13. The second-order valence-electron chi connectivity index (χ2n) is 4.40. The van der Waals surface area contributed by atoms with Gasteiger partial charge in [-0.25, -0.2) is 0 Å². The predicted molar refractivity (Wildman–Crippen MR) is 80.3 cm³/mol. The minimum atomic E-state index is -0.393. The molecular formula is C14H14BrN3O2. The molecule has 0 fully saturated rings. The van der Waals surface area contributed by atoms with Gasteiger partial charge in [0.25, 0.3) is 5.69 Å². The molecule has 0 amide bonds. The summed E-state index contributed by atoms with van der Waals surface area (Å²) in [6.07, 6.45) is 1.75. The summed E-state index contributed by atoms with van der Waals surface area (Å²) >= 11 is 3.18. The number of nitro benzene ring substituents is 1. The number of rotatable bonds is 5. The van der Waals surface area contributed by atoms with Crippen LogP contribution in [0.15, 0.2) is 47.1 Å². The average Bonchev–Trinajstić information content (AvgIpc) is 2.46. The first-order valence-corrected chi connectivity index (χ1v) is 6.94. The number of hydrogen-bond acceptors (Lipinski definition) is 4. The first-order valence-electron chi connectivity index (χ1n) is 6.15.